The minimum Gasteiger partial charge on any atom is -0.462 e. The third kappa shape index (κ3) is 2.79. The number of alkyl halides is 1. The highest BCUT2D eigenvalue weighted by Gasteiger charge is 2.09. The number of benzene rings is 1. The molecule has 0 spiro atoms. The van der Waals surface area contributed by atoms with E-state index in [-0.39, 0.29) is 5.97 Å². The molecule has 0 aliphatic carbocycles. The summed E-state index contributed by atoms with van der Waals surface area (Å²) in [7, 11) is 0. The van der Waals surface area contributed by atoms with E-state index in [4.69, 9.17) is 4.74 Å². The molecule has 0 fully saturated rings. The van der Waals surface area contributed by atoms with Gasteiger partial charge in [0.15, 0.2) is 0 Å². The van der Waals surface area contributed by atoms with Gasteiger partial charge in [0.1, 0.15) is 0 Å². The van der Waals surface area contributed by atoms with Gasteiger partial charge in [0.25, 0.3) is 0 Å². The predicted octanol–water partition coefficient (Wildman–Crippen LogP) is 2.94. The molecule has 4 nitrogen and oxygen atoms in total. The minimum absolute atomic E-state index is 0.346. The van der Waals surface area contributed by atoms with Gasteiger partial charge in [-0.05, 0) is 24.6 Å². The molecule has 0 bridgehead atoms. The molecule has 1 aromatic carbocycles. The summed E-state index contributed by atoms with van der Waals surface area (Å²) in [5.41, 5.74) is 2.56. The summed E-state index contributed by atoms with van der Waals surface area (Å²) in [5, 5.41) is 4.97. The Morgan fingerprint density at radius 1 is 1.39 bits per heavy atom. The molecular weight excluding hydrogens is 296 g/mol. The number of halogens is 1. The Hall–Kier alpha value is -1.62. The Balaban J connectivity index is 2.20. The average Bonchev–Trinajstić information content (AvgIpc) is 2.89. The lowest BCUT2D eigenvalue weighted by molar-refractivity contribution is 0.0526. The molecule has 0 saturated carbocycles. The van der Waals surface area contributed by atoms with E-state index >= 15 is 0 Å². The van der Waals surface area contributed by atoms with Crippen LogP contribution >= 0.6 is 15.9 Å². The molecule has 0 aliphatic heterocycles. The number of carbonyl (C=O) groups excluding carboxylic acids is 1. The SMILES string of the molecule is CCOC(=O)c1cnn(-c2ccc(CBr)cc2)c1. The highest BCUT2D eigenvalue weighted by Crippen LogP contribution is 2.12. The maximum Gasteiger partial charge on any atom is 0.341 e. The molecule has 0 aliphatic rings. The lowest BCUT2D eigenvalue weighted by atomic mass is 10.2. The third-order valence-corrected chi connectivity index (χ3v) is 3.10. The Bertz CT molecular complexity index is 534. The Morgan fingerprint density at radius 3 is 2.72 bits per heavy atom. The first-order valence-electron chi connectivity index (χ1n) is 5.61. The molecule has 0 amide bonds. The number of ether oxygens (including phenoxy) is 1. The van der Waals surface area contributed by atoms with E-state index in [0.29, 0.717) is 12.2 Å². The van der Waals surface area contributed by atoms with E-state index in [0.717, 1.165) is 11.0 Å². The van der Waals surface area contributed by atoms with Crippen molar-refractivity contribution in [3.8, 4) is 5.69 Å². The standard InChI is InChI=1S/C13H13BrN2O2/c1-2-18-13(17)11-8-15-16(9-11)12-5-3-10(7-14)4-6-12/h3-6,8-9H,2,7H2,1H3. The molecular formula is C13H13BrN2O2. The lowest BCUT2D eigenvalue weighted by Gasteiger charge is -2.02. The van der Waals surface area contributed by atoms with Gasteiger partial charge in [0.2, 0.25) is 0 Å². The summed E-state index contributed by atoms with van der Waals surface area (Å²) in [4.78, 5) is 11.5. The minimum atomic E-state index is -0.346. The van der Waals surface area contributed by atoms with Gasteiger partial charge in [-0.2, -0.15) is 5.10 Å². The summed E-state index contributed by atoms with van der Waals surface area (Å²) in [5.74, 6) is -0.346. The molecule has 94 valence electrons. The number of nitrogens with zero attached hydrogens (tertiary/aromatic N) is 2. The van der Waals surface area contributed by atoms with Crippen molar-refractivity contribution in [2.24, 2.45) is 0 Å². The summed E-state index contributed by atoms with van der Waals surface area (Å²) in [6, 6.07) is 7.93. The number of carbonyl (C=O) groups is 1. The second-order valence-electron chi connectivity index (χ2n) is 3.69. The van der Waals surface area contributed by atoms with Crippen molar-refractivity contribution >= 4 is 21.9 Å². The molecule has 2 rings (SSSR count). The van der Waals surface area contributed by atoms with Crippen LogP contribution in [-0.4, -0.2) is 22.4 Å². The van der Waals surface area contributed by atoms with Crippen LogP contribution in [0.5, 0.6) is 0 Å². The van der Waals surface area contributed by atoms with E-state index in [2.05, 4.69) is 21.0 Å². The highest BCUT2D eigenvalue weighted by molar-refractivity contribution is 9.08. The van der Waals surface area contributed by atoms with Gasteiger partial charge in [-0.1, -0.05) is 28.1 Å². The van der Waals surface area contributed by atoms with E-state index in [9.17, 15) is 4.79 Å². The number of esters is 1. The maximum atomic E-state index is 11.5. The van der Waals surface area contributed by atoms with E-state index in [1.807, 2.05) is 24.3 Å². The second kappa shape index (κ2) is 5.82. The number of aromatic nitrogens is 2. The van der Waals surface area contributed by atoms with E-state index in [1.54, 1.807) is 17.8 Å². The van der Waals surface area contributed by atoms with E-state index in [1.165, 1.54) is 11.8 Å². The molecule has 0 unspecified atom stereocenters. The zero-order chi connectivity index (χ0) is 13.0. The molecule has 18 heavy (non-hydrogen) atoms. The topological polar surface area (TPSA) is 44.1 Å². The van der Waals surface area contributed by atoms with Crippen LogP contribution in [0.4, 0.5) is 0 Å². The van der Waals surface area contributed by atoms with Gasteiger partial charge in [0.05, 0.1) is 24.1 Å². The molecule has 5 heteroatoms. The molecule has 0 N–H and O–H groups in total. The Labute approximate surface area is 114 Å². The van der Waals surface area contributed by atoms with Crippen molar-refractivity contribution in [1.29, 1.82) is 0 Å². The fraction of sp³-hybridized carbons (Fsp3) is 0.231. The summed E-state index contributed by atoms with van der Waals surface area (Å²) >= 11 is 3.40. The maximum absolute atomic E-state index is 11.5. The number of hydrogen-bond donors (Lipinski definition) is 0. The molecule has 2 aromatic rings. The number of rotatable bonds is 4. The Morgan fingerprint density at radius 2 is 2.11 bits per heavy atom. The summed E-state index contributed by atoms with van der Waals surface area (Å²) in [6.07, 6.45) is 3.18. The highest BCUT2D eigenvalue weighted by atomic mass is 79.9. The fourth-order valence-corrected chi connectivity index (χ4v) is 1.90. The second-order valence-corrected chi connectivity index (χ2v) is 4.25. The summed E-state index contributed by atoms with van der Waals surface area (Å²) in [6.45, 7) is 2.14. The molecule has 1 aromatic heterocycles. The first-order valence-corrected chi connectivity index (χ1v) is 6.74. The average molecular weight is 309 g/mol. The van der Waals surface area contributed by atoms with Crippen LogP contribution in [0.2, 0.25) is 0 Å². The van der Waals surface area contributed by atoms with Crippen LogP contribution < -0.4 is 0 Å². The first-order chi connectivity index (χ1) is 8.74. The normalized spacial score (nSPS) is 10.3. The zero-order valence-corrected chi connectivity index (χ0v) is 11.6. The first kappa shape index (κ1) is 12.8. The van der Waals surface area contributed by atoms with Crippen LogP contribution in [0.3, 0.4) is 0 Å². The van der Waals surface area contributed by atoms with Crippen molar-refractivity contribution in [3.05, 3.63) is 47.8 Å². The largest absolute Gasteiger partial charge is 0.462 e. The summed E-state index contributed by atoms with van der Waals surface area (Å²) < 4.78 is 6.57. The molecule has 0 radical (unpaired) electrons. The van der Waals surface area contributed by atoms with Gasteiger partial charge in [-0.25, -0.2) is 9.48 Å². The van der Waals surface area contributed by atoms with Crippen LogP contribution in [0.25, 0.3) is 5.69 Å². The zero-order valence-electron chi connectivity index (χ0n) is 9.97. The van der Waals surface area contributed by atoms with Crippen molar-refractivity contribution < 1.29 is 9.53 Å². The van der Waals surface area contributed by atoms with Gasteiger partial charge in [-0.3, -0.25) is 0 Å². The van der Waals surface area contributed by atoms with Crippen molar-refractivity contribution in [1.82, 2.24) is 9.78 Å². The van der Waals surface area contributed by atoms with Crippen LogP contribution in [0.1, 0.15) is 22.8 Å². The van der Waals surface area contributed by atoms with Gasteiger partial charge >= 0.3 is 5.97 Å². The molecule has 0 atom stereocenters. The monoisotopic (exact) mass is 308 g/mol. The lowest BCUT2D eigenvalue weighted by Crippen LogP contribution is -2.03. The quantitative estimate of drug-likeness (QED) is 0.644. The van der Waals surface area contributed by atoms with Crippen LogP contribution in [0, 0.1) is 0 Å². The predicted molar refractivity (Wildman–Crippen MR) is 72.2 cm³/mol. The van der Waals surface area contributed by atoms with Crippen LogP contribution in [0.15, 0.2) is 36.7 Å². The van der Waals surface area contributed by atoms with Crippen molar-refractivity contribution in [3.63, 3.8) is 0 Å². The van der Waals surface area contributed by atoms with Gasteiger partial charge < -0.3 is 4.74 Å². The van der Waals surface area contributed by atoms with Crippen molar-refractivity contribution in [2.75, 3.05) is 6.61 Å². The third-order valence-electron chi connectivity index (χ3n) is 2.45. The van der Waals surface area contributed by atoms with Gasteiger partial charge in [0, 0.05) is 11.5 Å². The van der Waals surface area contributed by atoms with Crippen LogP contribution in [-0.2, 0) is 10.1 Å². The smallest absolute Gasteiger partial charge is 0.341 e. The number of hydrogen-bond acceptors (Lipinski definition) is 3. The molecule has 0 saturated heterocycles. The fourth-order valence-electron chi connectivity index (χ4n) is 1.52. The van der Waals surface area contributed by atoms with Crippen molar-refractivity contribution in [2.45, 2.75) is 12.3 Å². The van der Waals surface area contributed by atoms with E-state index < -0.39 is 0 Å². The van der Waals surface area contributed by atoms with Gasteiger partial charge in [-0.15, -0.1) is 0 Å². The Kier molecular flexibility index (Phi) is 4.15. The molecule has 1 heterocycles.